The van der Waals surface area contributed by atoms with Crippen molar-refractivity contribution in [1.82, 2.24) is 10.2 Å². The summed E-state index contributed by atoms with van der Waals surface area (Å²) in [6.45, 7) is 2.33. The Balaban J connectivity index is 1.45. The van der Waals surface area contributed by atoms with Crippen LogP contribution in [0.15, 0.2) is 0 Å². The molecule has 1 heterocycles. The number of hydrogen-bond acceptors (Lipinski definition) is 2. The van der Waals surface area contributed by atoms with E-state index in [-0.39, 0.29) is 17.7 Å². The molecule has 0 bridgehead atoms. The van der Waals surface area contributed by atoms with Gasteiger partial charge in [-0.1, -0.05) is 12.8 Å². The van der Waals surface area contributed by atoms with Gasteiger partial charge in [-0.05, 0) is 44.4 Å². The minimum atomic E-state index is 0.0212. The molecule has 1 atom stereocenters. The summed E-state index contributed by atoms with van der Waals surface area (Å²) in [6, 6.07) is 0. The molecule has 2 amide bonds. The second kappa shape index (κ2) is 6.15. The van der Waals surface area contributed by atoms with Crippen molar-refractivity contribution in [3.05, 3.63) is 0 Å². The number of piperidine rings is 1. The van der Waals surface area contributed by atoms with Crippen LogP contribution in [0.2, 0.25) is 0 Å². The number of carbonyl (C=O) groups is 2. The summed E-state index contributed by atoms with van der Waals surface area (Å²) in [5.41, 5.74) is 0. The predicted molar refractivity (Wildman–Crippen MR) is 77.0 cm³/mol. The van der Waals surface area contributed by atoms with Crippen LogP contribution in [0.4, 0.5) is 0 Å². The second-order valence-electron chi connectivity index (χ2n) is 6.79. The Labute approximate surface area is 121 Å². The van der Waals surface area contributed by atoms with Crippen LogP contribution in [0.3, 0.4) is 0 Å². The zero-order chi connectivity index (χ0) is 13.9. The van der Waals surface area contributed by atoms with Crippen molar-refractivity contribution in [2.45, 2.75) is 51.4 Å². The standard InChI is InChI=1S/C16H26N2O2/c19-15(17-10-12-4-1-2-5-12)14-6-3-9-18(11-14)16(20)13-7-8-13/h12-14H,1-11H2,(H,17,19). The second-order valence-corrected chi connectivity index (χ2v) is 6.79. The van der Waals surface area contributed by atoms with Crippen LogP contribution in [0.25, 0.3) is 0 Å². The van der Waals surface area contributed by atoms with E-state index in [1.807, 2.05) is 4.90 Å². The lowest BCUT2D eigenvalue weighted by molar-refractivity contribution is -0.136. The third-order valence-electron chi connectivity index (χ3n) is 5.07. The molecule has 112 valence electrons. The zero-order valence-corrected chi connectivity index (χ0v) is 12.3. The number of rotatable bonds is 4. The average Bonchev–Trinajstić information content (AvgIpc) is 3.20. The molecule has 3 aliphatic rings. The number of amides is 2. The van der Waals surface area contributed by atoms with Gasteiger partial charge in [-0.3, -0.25) is 9.59 Å². The van der Waals surface area contributed by atoms with E-state index >= 15 is 0 Å². The van der Waals surface area contributed by atoms with Gasteiger partial charge in [0.25, 0.3) is 0 Å². The molecule has 3 rings (SSSR count). The first kappa shape index (κ1) is 13.9. The van der Waals surface area contributed by atoms with E-state index in [1.54, 1.807) is 0 Å². The Morgan fingerprint density at radius 2 is 1.70 bits per heavy atom. The Hall–Kier alpha value is -1.06. The molecular formula is C16H26N2O2. The molecule has 1 N–H and O–H groups in total. The monoisotopic (exact) mass is 278 g/mol. The minimum Gasteiger partial charge on any atom is -0.356 e. The Morgan fingerprint density at radius 1 is 0.950 bits per heavy atom. The number of nitrogens with one attached hydrogen (secondary N) is 1. The fourth-order valence-electron chi connectivity index (χ4n) is 3.58. The molecule has 0 aromatic carbocycles. The van der Waals surface area contributed by atoms with Crippen molar-refractivity contribution in [1.29, 1.82) is 0 Å². The van der Waals surface area contributed by atoms with Gasteiger partial charge >= 0.3 is 0 Å². The molecule has 0 spiro atoms. The van der Waals surface area contributed by atoms with Crippen LogP contribution in [0.5, 0.6) is 0 Å². The van der Waals surface area contributed by atoms with E-state index in [0.717, 1.165) is 38.8 Å². The third-order valence-corrected chi connectivity index (χ3v) is 5.07. The summed E-state index contributed by atoms with van der Waals surface area (Å²) in [6.07, 6.45) is 9.16. The molecule has 1 unspecified atom stereocenters. The highest BCUT2D eigenvalue weighted by molar-refractivity contribution is 5.83. The van der Waals surface area contributed by atoms with Gasteiger partial charge < -0.3 is 10.2 Å². The van der Waals surface area contributed by atoms with Gasteiger partial charge in [0.2, 0.25) is 11.8 Å². The zero-order valence-electron chi connectivity index (χ0n) is 12.3. The molecule has 1 saturated heterocycles. The molecule has 2 aliphatic carbocycles. The summed E-state index contributed by atoms with van der Waals surface area (Å²) in [4.78, 5) is 26.3. The Morgan fingerprint density at radius 3 is 2.40 bits per heavy atom. The van der Waals surface area contributed by atoms with Gasteiger partial charge in [0.05, 0.1) is 5.92 Å². The maximum Gasteiger partial charge on any atom is 0.225 e. The van der Waals surface area contributed by atoms with Gasteiger partial charge in [0.1, 0.15) is 0 Å². The van der Waals surface area contributed by atoms with Gasteiger partial charge in [-0.2, -0.15) is 0 Å². The SMILES string of the molecule is O=C(NCC1CCCC1)C1CCCN(C(=O)C2CC2)C1. The lowest BCUT2D eigenvalue weighted by atomic mass is 9.96. The summed E-state index contributed by atoms with van der Waals surface area (Å²) >= 11 is 0. The minimum absolute atomic E-state index is 0.0212. The van der Waals surface area contributed by atoms with Crippen LogP contribution >= 0.6 is 0 Å². The van der Waals surface area contributed by atoms with Crippen molar-refractivity contribution < 1.29 is 9.59 Å². The van der Waals surface area contributed by atoms with Gasteiger partial charge in [-0.25, -0.2) is 0 Å². The van der Waals surface area contributed by atoms with Gasteiger partial charge in [0, 0.05) is 25.6 Å². The molecule has 0 radical (unpaired) electrons. The van der Waals surface area contributed by atoms with Gasteiger partial charge in [-0.15, -0.1) is 0 Å². The van der Waals surface area contributed by atoms with E-state index < -0.39 is 0 Å². The normalized spacial score (nSPS) is 27.6. The van der Waals surface area contributed by atoms with E-state index in [9.17, 15) is 9.59 Å². The first-order chi connectivity index (χ1) is 9.74. The molecule has 4 nitrogen and oxygen atoms in total. The Bertz CT molecular complexity index is 373. The van der Waals surface area contributed by atoms with Crippen LogP contribution in [0.1, 0.15) is 51.4 Å². The van der Waals surface area contributed by atoms with Crippen molar-refractivity contribution in [3.8, 4) is 0 Å². The summed E-state index contributed by atoms with van der Waals surface area (Å²) in [7, 11) is 0. The van der Waals surface area contributed by atoms with E-state index in [2.05, 4.69) is 5.32 Å². The maximum atomic E-state index is 12.3. The fourth-order valence-corrected chi connectivity index (χ4v) is 3.58. The predicted octanol–water partition coefficient (Wildman–Crippen LogP) is 1.94. The van der Waals surface area contributed by atoms with Crippen LogP contribution in [-0.2, 0) is 9.59 Å². The quantitative estimate of drug-likeness (QED) is 0.854. The van der Waals surface area contributed by atoms with Crippen LogP contribution < -0.4 is 5.32 Å². The van der Waals surface area contributed by atoms with E-state index in [4.69, 9.17) is 0 Å². The first-order valence-electron chi connectivity index (χ1n) is 8.30. The van der Waals surface area contributed by atoms with Crippen LogP contribution in [0, 0.1) is 17.8 Å². The number of carbonyl (C=O) groups excluding carboxylic acids is 2. The average molecular weight is 278 g/mol. The smallest absolute Gasteiger partial charge is 0.225 e. The number of nitrogens with zero attached hydrogens (tertiary/aromatic N) is 1. The number of hydrogen-bond donors (Lipinski definition) is 1. The lowest BCUT2D eigenvalue weighted by Crippen LogP contribution is -2.46. The van der Waals surface area contributed by atoms with Crippen molar-refractivity contribution in [3.63, 3.8) is 0 Å². The molecular weight excluding hydrogens is 252 g/mol. The molecule has 3 fully saturated rings. The van der Waals surface area contributed by atoms with E-state index in [0.29, 0.717) is 18.4 Å². The third kappa shape index (κ3) is 3.33. The van der Waals surface area contributed by atoms with E-state index in [1.165, 1.54) is 25.7 Å². The first-order valence-corrected chi connectivity index (χ1v) is 8.30. The fraction of sp³-hybridized carbons (Fsp3) is 0.875. The molecule has 0 aromatic rings. The van der Waals surface area contributed by atoms with Crippen molar-refractivity contribution in [2.24, 2.45) is 17.8 Å². The molecule has 1 aliphatic heterocycles. The summed E-state index contributed by atoms with van der Waals surface area (Å²) < 4.78 is 0. The van der Waals surface area contributed by atoms with Crippen molar-refractivity contribution >= 4 is 11.8 Å². The molecule has 20 heavy (non-hydrogen) atoms. The highest BCUT2D eigenvalue weighted by Gasteiger charge is 2.36. The lowest BCUT2D eigenvalue weighted by Gasteiger charge is -2.32. The number of likely N-dealkylation sites (tertiary alicyclic amines) is 1. The topological polar surface area (TPSA) is 49.4 Å². The Kier molecular flexibility index (Phi) is 4.27. The largest absolute Gasteiger partial charge is 0.356 e. The summed E-state index contributed by atoms with van der Waals surface area (Å²) in [5.74, 6) is 1.44. The highest BCUT2D eigenvalue weighted by atomic mass is 16.2. The molecule has 4 heteroatoms. The molecule has 0 aromatic heterocycles. The van der Waals surface area contributed by atoms with Gasteiger partial charge in [0.15, 0.2) is 0 Å². The van der Waals surface area contributed by atoms with Crippen LogP contribution in [-0.4, -0.2) is 36.3 Å². The summed E-state index contributed by atoms with van der Waals surface area (Å²) in [5, 5.41) is 3.12. The highest BCUT2D eigenvalue weighted by Crippen LogP contribution is 2.32. The molecule has 2 saturated carbocycles. The van der Waals surface area contributed by atoms with Crippen molar-refractivity contribution in [2.75, 3.05) is 19.6 Å². The maximum absolute atomic E-state index is 12.3.